The van der Waals surface area contributed by atoms with E-state index in [2.05, 4.69) is 40.3 Å². The van der Waals surface area contributed by atoms with Gasteiger partial charge in [-0.3, -0.25) is 0 Å². The smallest absolute Gasteiger partial charge is 0.155 e. The van der Waals surface area contributed by atoms with Gasteiger partial charge in [-0.2, -0.15) is 5.10 Å². The second-order valence-electron chi connectivity index (χ2n) is 6.26. The first-order chi connectivity index (χ1) is 10.2. The van der Waals surface area contributed by atoms with Crippen molar-refractivity contribution in [3.63, 3.8) is 0 Å². The van der Waals surface area contributed by atoms with Crippen LogP contribution in [0.5, 0.6) is 0 Å². The molecule has 0 aliphatic heterocycles. The molecule has 1 aliphatic rings. The molecule has 0 amide bonds. The van der Waals surface area contributed by atoms with Gasteiger partial charge in [-0.25, -0.2) is 14.6 Å². The normalized spacial score (nSPS) is 22.4. The second kappa shape index (κ2) is 6.24. The van der Waals surface area contributed by atoms with Gasteiger partial charge in [0.1, 0.15) is 12.7 Å². The summed E-state index contributed by atoms with van der Waals surface area (Å²) in [5, 5.41) is 7.71. The molecule has 0 aromatic carbocycles. The molecule has 2 heterocycles. The largest absolute Gasteiger partial charge is 0.381 e. The maximum absolute atomic E-state index is 4.44. The fraction of sp³-hybridized carbons (Fsp3) is 0.562. The SMILES string of the molecule is CC(C)C1CCCC(Nc2ccc(-n3cncn3)nc2)C1. The van der Waals surface area contributed by atoms with E-state index < -0.39 is 0 Å². The highest BCUT2D eigenvalue weighted by Gasteiger charge is 2.23. The third-order valence-corrected chi connectivity index (χ3v) is 4.43. The summed E-state index contributed by atoms with van der Waals surface area (Å²) in [5.74, 6) is 2.42. The van der Waals surface area contributed by atoms with Gasteiger partial charge < -0.3 is 5.32 Å². The standard InChI is InChI=1S/C16H23N5/c1-12(2)13-4-3-5-14(8-13)20-15-6-7-16(18-9-15)21-11-17-10-19-21/h6-7,9-14,20H,3-5,8H2,1-2H3. The number of nitrogens with one attached hydrogen (secondary N) is 1. The summed E-state index contributed by atoms with van der Waals surface area (Å²) in [6.07, 6.45) is 10.3. The molecule has 0 spiro atoms. The van der Waals surface area contributed by atoms with Crippen LogP contribution in [0.3, 0.4) is 0 Å². The maximum Gasteiger partial charge on any atom is 0.155 e. The van der Waals surface area contributed by atoms with Gasteiger partial charge in [0, 0.05) is 6.04 Å². The van der Waals surface area contributed by atoms with E-state index >= 15 is 0 Å². The zero-order chi connectivity index (χ0) is 14.7. The fourth-order valence-electron chi connectivity index (χ4n) is 3.13. The van der Waals surface area contributed by atoms with Crippen molar-refractivity contribution in [3.8, 4) is 5.82 Å². The van der Waals surface area contributed by atoms with Crippen LogP contribution in [-0.4, -0.2) is 25.8 Å². The third-order valence-electron chi connectivity index (χ3n) is 4.43. The molecule has 2 aromatic rings. The van der Waals surface area contributed by atoms with Gasteiger partial charge in [0.15, 0.2) is 5.82 Å². The van der Waals surface area contributed by atoms with Crippen molar-refractivity contribution in [3.05, 3.63) is 31.0 Å². The zero-order valence-corrected chi connectivity index (χ0v) is 12.7. The van der Waals surface area contributed by atoms with Crippen LogP contribution < -0.4 is 5.32 Å². The molecule has 2 aromatic heterocycles. The average Bonchev–Trinajstić information content (AvgIpc) is 3.02. The monoisotopic (exact) mass is 285 g/mol. The van der Waals surface area contributed by atoms with Crippen molar-refractivity contribution in [2.75, 3.05) is 5.32 Å². The van der Waals surface area contributed by atoms with E-state index in [-0.39, 0.29) is 0 Å². The van der Waals surface area contributed by atoms with Gasteiger partial charge in [-0.05, 0) is 36.8 Å². The van der Waals surface area contributed by atoms with Gasteiger partial charge in [-0.1, -0.05) is 26.7 Å². The van der Waals surface area contributed by atoms with E-state index in [1.807, 2.05) is 12.3 Å². The van der Waals surface area contributed by atoms with E-state index in [0.29, 0.717) is 6.04 Å². The Balaban J connectivity index is 1.62. The summed E-state index contributed by atoms with van der Waals surface area (Å²) < 4.78 is 1.67. The van der Waals surface area contributed by atoms with Gasteiger partial charge in [-0.15, -0.1) is 0 Å². The van der Waals surface area contributed by atoms with Crippen molar-refractivity contribution in [1.29, 1.82) is 0 Å². The third kappa shape index (κ3) is 3.40. The Bertz CT molecular complexity index is 547. The number of anilines is 1. The highest BCUT2D eigenvalue weighted by Crippen LogP contribution is 2.31. The Morgan fingerprint density at radius 2 is 2.19 bits per heavy atom. The minimum absolute atomic E-state index is 0.574. The predicted molar refractivity (Wildman–Crippen MR) is 83.4 cm³/mol. The van der Waals surface area contributed by atoms with E-state index in [0.717, 1.165) is 23.3 Å². The summed E-state index contributed by atoms with van der Waals surface area (Å²) in [6, 6.07) is 4.62. The molecule has 5 heteroatoms. The number of hydrogen-bond donors (Lipinski definition) is 1. The summed E-state index contributed by atoms with van der Waals surface area (Å²) in [7, 11) is 0. The van der Waals surface area contributed by atoms with Crippen LogP contribution >= 0.6 is 0 Å². The minimum Gasteiger partial charge on any atom is -0.381 e. The van der Waals surface area contributed by atoms with E-state index in [1.54, 1.807) is 11.0 Å². The molecule has 5 nitrogen and oxygen atoms in total. The van der Waals surface area contributed by atoms with Crippen LogP contribution in [0.1, 0.15) is 39.5 Å². The lowest BCUT2D eigenvalue weighted by Crippen LogP contribution is -2.29. The quantitative estimate of drug-likeness (QED) is 0.936. The first-order valence-corrected chi connectivity index (χ1v) is 7.80. The lowest BCUT2D eigenvalue weighted by Gasteiger charge is -2.32. The number of hydrogen-bond acceptors (Lipinski definition) is 4. The summed E-state index contributed by atoms with van der Waals surface area (Å²) in [6.45, 7) is 4.67. The molecule has 1 fully saturated rings. The van der Waals surface area contributed by atoms with Crippen LogP contribution in [0.25, 0.3) is 5.82 Å². The molecule has 21 heavy (non-hydrogen) atoms. The Labute approximate surface area is 125 Å². The molecule has 1 saturated carbocycles. The highest BCUT2D eigenvalue weighted by molar-refractivity contribution is 5.44. The van der Waals surface area contributed by atoms with E-state index in [1.165, 1.54) is 32.0 Å². The molecular formula is C16H23N5. The highest BCUT2D eigenvalue weighted by atomic mass is 15.3. The van der Waals surface area contributed by atoms with E-state index in [9.17, 15) is 0 Å². The number of pyridine rings is 1. The average molecular weight is 285 g/mol. The van der Waals surface area contributed by atoms with Gasteiger partial charge in [0.2, 0.25) is 0 Å². The van der Waals surface area contributed by atoms with Crippen LogP contribution in [-0.2, 0) is 0 Å². The first-order valence-electron chi connectivity index (χ1n) is 7.80. The molecule has 2 unspecified atom stereocenters. The lowest BCUT2D eigenvalue weighted by molar-refractivity contribution is 0.264. The van der Waals surface area contributed by atoms with Crippen molar-refractivity contribution >= 4 is 5.69 Å². The van der Waals surface area contributed by atoms with Crippen molar-refractivity contribution < 1.29 is 0 Å². The van der Waals surface area contributed by atoms with Crippen molar-refractivity contribution in [2.24, 2.45) is 11.8 Å². The molecule has 0 radical (unpaired) electrons. The number of nitrogens with zero attached hydrogens (tertiary/aromatic N) is 4. The minimum atomic E-state index is 0.574. The predicted octanol–water partition coefficient (Wildman–Crippen LogP) is 3.29. The maximum atomic E-state index is 4.44. The van der Waals surface area contributed by atoms with Gasteiger partial charge in [0.25, 0.3) is 0 Å². The Morgan fingerprint density at radius 3 is 2.86 bits per heavy atom. The molecule has 2 atom stereocenters. The van der Waals surface area contributed by atoms with Gasteiger partial charge >= 0.3 is 0 Å². The summed E-state index contributed by atoms with van der Waals surface area (Å²) >= 11 is 0. The van der Waals surface area contributed by atoms with Crippen LogP contribution in [0.4, 0.5) is 5.69 Å². The molecule has 0 saturated heterocycles. The molecule has 1 aliphatic carbocycles. The van der Waals surface area contributed by atoms with Crippen molar-refractivity contribution in [2.45, 2.75) is 45.6 Å². The Morgan fingerprint density at radius 1 is 1.29 bits per heavy atom. The van der Waals surface area contributed by atoms with Crippen LogP contribution in [0.2, 0.25) is 0 Å². The topological polar surface area (TPSA) is 55.6 Å². The lowest BCUT2D eigenvalue weighted by atomic mass is 9.79. The number of rotatable bonds is 4. The summed E-state index contributed by atoms with van der Waals surface area (Å²) in [4.78, 5) is 8.37. The first kappa shape index (κ1) is 14.0. The fourth-order valence-corrected chi connectivity index (χ4v) is 3.13. The Hall–Kier alpha value is -1.91. The molecule has 1 N–H and O–H groups in total. The van der Waals surface area contributed by atoms with Crippen LogP contribution in [0.15, 0.2) is 31.0 Å². The van der Waals surface area contributed by atoms with E-state index in [4.69, 9.17) is 0 Å². The van der Waals surface area contributed by atoms with Crippen LogP contribution in [0, 0.1) is 11.8 Å². The Kier molecular flexibility index (Phi) is 4.18. The molecule has 112 valence electrons. The second-order valence-corrected chi connectivity index (χ2v) is 6.26. The number of aromatic nitrogens is 4. The van der Waals surface area contributed by atoms with Crippen molar-refractivity contribution in [1.82, 2.24) is 19.7 Å². The van der Waals surface area contributed by atoms with Gasteiger partial charge in [0.05, 0.1) is 11.9 Å². The summed E-state index contributed by atoms with van der Waals surface area (Å²) in [5.41, 5.74) is 1.09. The molecule has 3 rings (SSSR count). The zero-order valence-electron chi connectivity index (χ0n) is 12.7. The molecule has 0 bridgehead atoms. The molecular weight excluding hydrogens is 262 g/mol.